The summed E-state index contributed by atoms with van der Waals surface area (Å²) < 4.78 is 0.630. The smallest absolute Gasteiger partial charge is 0.331 e. The normalized spacial score (nSPS) is 14.8. The second-order valence-electron chi connectivity index (χ2n) is 4.07. The molecule has 1 aliphatic heterocycles. The number of hydrogen-bond acceptors (Lipinski definition) is 3. The summed E-state index contributed by atoms with van der Waals surface area (Å²) >= 11 is 3.30. The number of Topliss-reactive ketones (excluding diaryl/α,β-unsaturated/α-hetero) is 1. The molecule has 0 atom stereocenters. The first kappa shape index (κ1) is 13.5. The van der Waals surface area contributed by atoms with E-state index in [1.165, 1.54) is 17.9 Å². The Morgan fingerprint density at radius 2 is 2.11 bits per heavy atom. The maximum atomic E-state index is 11.9. The van der Waals surface area contributed by atoms with Gasteiger partial charge in [-0.15, -0.1) is 0 Å². The zero-order valence-electron chi connectivity index (χ0n) is 10.0. The van der Waals surface area contributed by atoms with E-state index in [-0.39, 0.29) is 12.1 Å². The van der Waals surface area contributed by atoms with Gasteiger partial charge in [0.15, 0.2) is 0 Å². The second kappa shape index (κ2) is 4.97. The number of hydrogen-bond donors (Lipinski definition) is 1. The van der Waals surface area contributed by atoms with E-state index in [2.05, 4.69) is 15.9 Å². The zero-order valence-corrected chi connectivity index (χ0v) is 11.6. The number of amides is 1. The maximum absolute atomic E-state index is 11.9. The predicted octanol–water partition coefficient (Wildman–Crippen LogP) is 2.01. The van der Waals surface area contributed by atoms with E-state index >= 15 is 0 Å². The van der Waals surface area contributed by atoms with Crippen molar-refractivity contribution in [2.24, 2.45) is 0 Å². The minimum Gasteiger partial charge on any atom is -0.478 e. The van der Waals surface area contributed by atoms with Crippen molar-refractivity contribution >= 4 is 39.3 Å². The molecule has 1 aliphatic rings. The van der Waals surface area contributed by atoms with Gasteiger partial charge in [-0.05, 0) is 35.0 Å². The summed E-state index contributed by atoms with van der Waals surface area (Å²) in [5.74, 6) is -2.26. The second-order valence-corrected chi connectivity index (χ2v) is 4.93. The van der Waals surface area contributed by atoms with Crippen LogP contribution in [0.1, 0.15) is 17.3 Å². The molecule has 0 radical (unpaired) electrons. The number of aliphatic carboxylic acids is 1. The van der Waals surface area contributed by atoms with Gasteiger partial charge in [-0.2, -0.15) is 0 Å². The molecule has 0 fully saturated rings. The Morgan fingerprint density at radius 3 is 2.74 bits per heavy atom. The topological polar surface area (TPSA) is 74.7 Å². The molecule has 1 aromatic carbocycles. The van der Waals surface area contributed by atoms with Crippen LogP contribution >= 0.6 is 15.9 Å². The molecule has 1 amide bonds. The predicted molar refractivity (Wildman–Crippen MR) is 72.2 cm³/mol. The third kappa shape index (κ3) is 2.31. The van der Waals surface area contributed by atoms with Crippen LogP contribution in [0.15, 0.2) is 34.3 Å². The highest BCUT2D eigenvalue weighted by atomic mass is 79.9. The summed E-state index contributed by atoms with van der Waals surface area (Å²) in [4.78, 5) is 35.7. The van der Waals surface area contributed by atoms with Gasteiger partial charge in [0.05, 0.1) is 11.3 Å². The van der Waals surface area contributed by atoms with Crippen LogP contribution in [0.4, 0.5) is 5.69 Å². The quantitative estimate of drug-likeness (QED) is 0.682. The van der Waals surface area contributed by atoms with Crippen LogP contribution in [0.3, 0.4) is 0 Å². The summed E-state index contributed by atoms with van der Waals surface area (Å²) in [7, 11) is 0. The van der Waals surface area contributed by atoms with Gasteiger partial charge in [0.1, 0.15) is 0 Å². The van der Waals surface area contributed by atoms with Gasteiger partial charge in [0.2, 0.25) is 0 Å². The summed E-state index contributed by atoms with van der Waals surface area (Å²) in [6.07, 6.45) is 1.40. The summed E-state index contributed by atoms with van der Waals surface area (Å²) in [6, 6.07) is 4.98. The molecule has 0 unspecified atom stereocenters. The van der Waals surface area contributed by atoms with Crippen LogP contribution in [0, 0.1) is 0 Å². The molecule has 0 spiro atoms. The molecular weight excluding hydrogens is 314 g/mol. The number of carbonyl (C=O) groups is 3. The molecule has 1 N–H and O–H groups in total. The number of anilines is 1. The third-order valence-electron chi connectivity index (χ3n) is 2.86. The number of nitrogens with zero attached hydrogens (tertiary/aromatic N) is 1. The Balaban J connectivity index is 2.39. The zero-order chi connectivity index (χ0) is 14.2. The molecule has 0 saturated heterocycles. The molecule has 0 aliphatic carbocycles. The molecule has 0 bridgehead atoms. The largest absolute Gasteiger partial charge is 0.478 e. The van der Waals surface area contributed by atoms with Gasteiger partial charge in [0, 0.05) is 16.6 Å². The first-order chi connectivity index (χ1) is 8.93. The lowest BCUT2D eigenvalue weighted by atomic mass is 10.1. The molecule has 98 valence electrons. The fourth-order valence-electron chi connectivity index (χ4n) is 1.80. The third-order valence-corrected chi connectivity index (χ3v) is 3.50. The van der Waals surface area contributed by atoms with E-state index < -0.39 is 17.7 Å². The van der Waals surface area contributed by atoms with Crippen LogP contribution in [0.5, 0.6) is 0 Å². The average Bonchev–Trinajstić information content (AvgIpc) is 2.61. The Kier molecular flexibility index (Phi) is 3.53. The van der Waals surface area contributed by atoms with Crippen molar-refractivity contribution in [1.29, 1.82) is 0 Å². The minimum atomic E-state index is -1.05. The Hall–Kier alpha value is -1.95. The van der Waals surface area contributed by atoms with Gasteiger partial charge < -0.3 is 5.11 Å². The highest BCUT2D eigenvalue weighted by molar-refractivity contribution is 9.10. The van der Waals surface area contributed by atoms with Crippen LogP contribution in [0.25, 0.3) is 0 Å². The highest BCUT2D eigenvalue weighted by Gasteiger charge is 2.36. The maximum Gasteiger partial charge on any atom is 0.331 e. The van der Waals surface area contributed by atoms with Gasteiger partial charge >= 0.3 is 5.97 Å². The number of benzene rings is 1. The standard InChI is InChI=1S/C13H10BrNO4/c1-7(13(18)19)5-6-15-10-8(11(16)12(15)17)3-2-4-9(10)14/h2-5H,6H2,1H3,(H,18,19). The summed E-state index contributed by atoms with van der Waals surface area (Å²) in [5, 5.41) is 8.78. The van der Waals surface area contributed by atoms with Gasteiger partial charge in [-0.3, -0.25) is 14.5 Å². The number of para-hydroxylation sites is 1. The lowest BCUT2D eigenvalue weighted by molar-refractivity contribution is -0.132. The van der Waals surface area contributed by atoms with Crippen molar-refractivity contribution in [3.8, 4) is 0 Å². The number of fused-ring (bicyclic) bond motifs is 1. The molecular formula is C13H10BrNO4. The first-order valence-corrected chi connectivity index (χ1v) is 6.27. The fraction of sp³-hybridized carbons (Fsp3) is 0.154. The first-order valence-electron chi connectivity index (χ1n) is 5.48. The van der Waals surface area contributed by atoms with Crippen LogP contribution in [-0.2, 0) is 9.59 Å². The number of halogens is 1. The van der Waals surface area contributed by atoms with Crippen LogP contribution < -0.4 is 4.90 Å². The van der Waals surface area contributed by atoms with Crippen molar-refractivity contribution in [3.05, 3.63) is 39.9 Å². The van der Waals surface area contributed by atoms with Gasteiger partial charge in [-0.25, -0.2) is 4.79 Å². The molecule has 0 saturated carbocycles. The SMILES string of the molecule is CC(=CCN1C(=O)C(=O)c2cccc(Br)c21)C(=O)O. The number of carboxylic acid groups (broad SMARTS) is 1. The molecule has 1 aromatic rings. The van der Waals surface area contributed by atoms with Crippen LogP contribution in [-0.4, -0.2) is 29.3 Å². The van der Waals surface area contributed by atoms with E-state index in [1.807, 2.05) is 0 Å². The van der Waals surface area contributed by atoms with Gasteiger partial charge in [0.25, 0.3) is 11.7 Å². The molecule has 6 heteroatoms. The molecule has 0 aromatic heterocycles. The fourth-order valence-corrected chi connectivity index (χ4v) is 2.38. The number of carbonyl (C=O) groups excluding carboxylic acids is 2. The highest BCUT2D eigenvalue weighted by Crippen LogP contribution is 2.35. The number of rotatable bonds is 3. The molecule has 2 rings (SSSR count). The summed E-state index contributed by atoms with van der Waals surface area (Å²) in [5.41, 5.74) is 0.952. The average molecular weight is 324 g/mol. The van der Waals surface area contributed by atoms with E-state index in [4.69, 9.17) is 5.11 Å². The van der Waals surface area contributed by atoms with Crippen molar-refractivity contribution in [1.82, 2.24) is 0 Å². The minimum absolute atomic E-state index is 0.0539. The molecule has 5 nitrogen and oxygen atoms in total. The van der Waals surface area contributed by atoms with Crippen molar-refractivity contribution < 1.29 is 19.5 Å². The molecule has 1 heterocycles. The van der Waals surface area contributed by atoms with E-state index in [0.29, 0.717) is 15.7 Å². The number of ketones is 1. The van der Waals surface area contributed by atoms with Crippen molar-refractivity contribution in [2.45, 2.75) is 6.92 Å². The lowest BCUT2D eigenvalue weighted by Crippen LogP contribution is -2.30. The lowest BCUT2D eigenvalue weighted by Gasteiger charge is -2.15. The molecule has 19 heavy (non-hydrogen) atoms. The van der Waals surface area contributed by atoms with Crippen molar-refractivity contribution in [3.63, 3.8) is 0 Å². The monoisotopic (exact) mass is 323 g/mol. The summed E-state index contributed by atoms with van der Waals surface area (Å²) in [6.45, 7) is 1.49. The van der Waals surface area contributed by atoms with E-state index in [0.717, 1.165) is 0 Å². The number of carboxylic acids is 1. The Bertz CT molecular complexity index is 621. The van der Waals surface area contributed by atoms with Crippen molar-refractivity contribution in [2.75, 3.05) is 11.4 Å². The van der Waals surface area contributed by atoms with Crippen LogP contribution in [0.2, 0.25) is 0 Å². The van der Waals surface area contributed by atoms with E-state index in [1.54, 1.807) is 18.2 Å². The Morgan fingerprint density at radius 1 is 1.42 bits per heavy atom. The van der Waals surface area contributed by atoms with Gasteiger partial charge in [-0.1, -0.05) is 12.1 Å². The Labute approximate surface area is 117 Å². The van der Waals surface area contributed by atoms with E-state index in [9.17, 15) is 14.4 Å².